The number of carbonyl (C=O) groups is 1. The molecule has 110 valence electrons. The smallest absolute Gasteiger partial charge is 0.337 e. The van der Waals surface area contributed by atoms with Crippen molar-refractivity contribution >= 4 is 46.6 Å². The summed E-state index contributed by atoms with van der Waals surface area (Å²) in [5.74, 6) is -0.757. The topological polar surface area (TPSA) is 62.2 Å². The average molecular weight is 346 g/mol. The largest absolute Gasteiger partial charge is 0.478 e. The molecule has 4 nitrogen and oxygen atoms in total. The van der Waals surface area contributed by atoms with Gasteiger partial charge in [0.15, 0.2) is 0 Å². The second kappa shape index (κ2) is 6.98. The first-order valence-corrected chi connectivity index (χ1v) is 7.18. The summed E-state index contributed by atoms with van der Waals surface area (Å²) >= 11 is 17.9. The van der Waals surface area contributed by atoms with Crippen molar-refractivity contribution in [1.29, 1.82) is 0 Å². The molecule has 0 spiro atoms. The highest BCUT2D eigenvalue weighted by Crippen LogP contribution is 2.24. The second-order valence-electron chi connectivity index (χ2n) is 4.24. The van der Waals surface area contributed by atoms with Crippen molar-refractivity contribution in [3.63, 3.8) is 0 Å². The van der Waals surface area contributed by atoms with Crippen molar-refractivity contribution in [1.82, 2.24) is 4.98 Å². The number of benzene rings is 1. The molecule has 21 heavy (non-hydrogen) atoms. The van der Waals surface area contributed by atoms with Crippen molar-refractivity contribution in [3.8, 4) is 0 Å². The fraction of sp³-hybridized carbons (Fsp3) is 0.143. The number of nitrogens with one attached hydrogen (secondary N) is 1. The Morgan fingerprint density at radius 1 is 1.24 bits per heavy atom. The van der Waals surface area contributed by atoms with Crippen molar-refractivity contribution in [2.75, 3.05) is 11.9 Å². The van der Waals surface area contributed by atoms with E-state index in [0.29, 0.717) is 28.8 Å². The zero-order valence-corrected chi connectivity index (χ0v) is 13.0. The third-order valence-corrected chi connectivity index (χ3v) is 3.79. The molecule has 0 fully saturated rings. The molecule has 1 aromatic carbocycles. The Bertz CT molecular complexity index is 677. The fourth-order valence-electron chi connectivity index (χ4n) is 1.77. The van der Waals surface area contributed by atoms with Crippen LogP contribution in [0.4, 0.5) is 5.82 Å². The molecular formula is C14H11Cl3N2O2. The predicted molar refractivity (Wildman–Crippen MR) is 84.9 cm³/mol. The second-order valence-corrected chi connectivity index (χ2v) is 5.46. The SMILES string of the molecule is O=C(O)c1ccnc(NCCc2ccc(Cl)cc2Cl)c1Cl. The first-order chi connectivity index (χ1) is 9.99. The van der Waals surface area contributed by atoms with Crippen LogP contribution in [-0.2, 0) is 6.42 Å². The summed E-state index contributed by atoms with van der Waals surface area (Å²) in [6, 6.07) is 6.63. The van der Waals surface area contributed by atoms with E-state index >= 15 is 0 Å². The summed E-state index contributed by atoms with van der Waals surface area (Å²) in [5, 5.41) is 13.2. The van der Waals surface area contributed by atoms with Gasteiger partial charge in [-0.1, -0.05) is 40.9 Å². The Morgan fingerprint density at radius 2 is 2.00 bits per heavy atom. The molecule has 1 heterocycles. The van der Waals surface area contributed by atoms with Crippen LogP contribution in [0.25, 0.3) is 0 Å². The lowest BCUT2D eigenvalue weighted by atomic mass is 10.1. The Kier molecular flexibility index (Phi) is 5.28. The zero-order chi connectivity index (χ0) is 15.4. The number of hydrogen-bond acceptors (Lipinski definition) is 3. The van der Waals surface area contributed by atoms with Crippen LogP contribution in [0.5, 0.6) is 0 Å². The Labute approximate surface area is 136 Å². The summed E-state index contributed by atoms with van der Waals surface area (Å²) in [7, 11) is 0. The van der Waals surface area contributed by atoms with Crippen molar-refractivity contribution < 1.29 is 9.90 Å². The van der Waals surface area contributed by atoms with Gasteiger partial charge in [0.05, 0.1) is 10.6 Å². The molecule has 2 N–H and O–H groups in total. The molecule has 0 atom stereocenters. The van der Waals surface area contributed by atoms with E-state index in [1.54, 1.807) is 12.1 Å². The highest BCUT2D eigenvalue weighted by Gasteiger charge is 2.13. The highest BCUT2D eigenvalue weighted by molar-refractivity contribution is 6.36. The van der Waals surface area contributed by atoms with Crippen LogP contribution in [0.2, 0.25) is 15.1 Å². The molecule has 0 amide bonds. The maximum atomic E-state index is 11.0. The highest BCUT2D eigenvalue weighted by atomic mass is 35.5. The summed E-state index contributed by atoms with van der Waals surface area (Å²) in [6.45, 7) is 0.511. The van der Waals surface area contributed by atoms with Gasteiger partial charge < -0.3 is 10.4 Å². The van der Waals surface area contributed by atoms with Crippen LogP contribution in [0, 0.1) is 0 Å². The third kappa shape index (κ3) is 4.00. The molecule has 0 saturated heterocycles. The van der Waals surface area contributed by atoms with Gasteiger partial charge in [-0.2, -0.15) is 0 Å². The first-order valence-electron chi connectivity index (χ1n) is 6.04. The molecule has 0 aliphatic carbocycles. The first kappa shape index (κ1) is 15.9. The number of carboxylic acids is 1. The van der Waals surface area contributed by atoms with E-state index in [1.165, 1.54) is 12.3 Å². The number of pyridine rings is 1. The van der Waals surface area contributed by atoms with Gasteiger partial charge in [-0.15, -0.1) is 0 Å². The number of aromatic nitrogens is 1. The lowest BCUT2D eigenvalue weighted by molar-refractivity contribution is 0.0697. The summed E-state index contributed by atoms with van der Waals surface area (Å²) in [4.78, 5) is 15.0. The van der Waals surface area contributed by atoms with Gasteiger partial charge in [0.2, 0.25) is 0 Å². The normalized spacial score (nSPS) is 10.4. The molecule has 2 aromatic rings. The summed E-state index contributed by atoms with van der Waals surface area (Å²) in [5.41, 5.74) is 0.942. The van der Waals surface area contributed by atoms with Crippen LogP contribution in [0.15, 0.2) is 30.5 Å². The molecular weight excluding hydrogens is 335 g/mol. The van der Waals surface area contributed by atoms with E-state index in [0.717, 1.165) is 5.56 Å². The fourth-order valence-corrected chi connectivity index (χ4v) is 2.53. The minimum absolute atomic E-state index is 0.0127. The number of aromatic carboxylic acids is 1. The van der Waals surface area contributed by atoms with E-state index in [2.05, 4.69) is 10.3 Å². The molecule has 0 unspecified atom stereocenters. The van der Waals surface area contributed by atoms with Gasteiger partial charge in [0.25, 0.3) is 0 Å². The van der Waals surface area contributed by atoms with Crippen LogP contribution >= 0.6 is 34.8 Å². The van der Waals surface area contributed by atoms with E-state index in [9.17, 15) is 4.79 Å². The monoisotopic (exact) mass is 344 g/mol. The molecule has 2 rings (SSSR count). The van der Waals surface area contributed by atoms with Crippen LogP contribution < -0.4 is 5.32 Å². The molecule has 0 saturated carbocycles. The number of nitrogens with zero attached hydrogens (tertiary/aromatic N) is 1. The van der Waals surface area contributed by atoms with E-state index in [1.807, 2.05) is 6.07 Å². The van der Waals surface area contributed by atoms with Gasteiger partial charge in [-0.3, -0.25) is 0 Å². The minimum Gasteiger partial charge on any atom is -0.478 e. The minimum atomic E-state index is -1.09. The molecule has 1 aromatic heterocycles. The maximum Gasteiger partial charge on any atom is 0.337 e. The quantitative estimate of drug-likeness (QED) is 0.843. The maximum absolute atomic E-state index is 11.0. The standard InChI is InChI=1S/C14H11Cl3N2O2/c15-9-2-1-8(11(16)7-9)3-5-18-13-12(17)10(14(20)21)4-6-19-13/h1-2,4,6-7H,3,5H2,(H,18,19)(H,20,21). The zero-order valence-electron chi connectivity index (χ0n) is 10.7. The van der Waals surface area contributed by atoms with Crippen molar-refractivity contribution in [2.45, 2.75) is 6.42 Å². The molecule has 0 bridgehead atoms. The Balaban J connectivity index is 2.04. The number of hydrogen-bond donors (Lipinski definition) is 2. The predicted octanol–water partition coefficient (Wildman–Crippen LogP) is 4.39. The van der Waals surface area contributed by atoms with Gasteiger partial charge in [-0.05, 0) is 30.2 Å². The van der Waals surface area contributed by atoms with Gasteiger partial charge in [-0.25, -0.2) is 9.78 Å². The van der Waals surface area contributed by atoms with Crippen molar-refractivity contribution in [2.24, 2.45) is 0 Å². The van der Waals surface area contributed by atoms with Crippen LogP contribution in [-0.4, -0.2) is 22.6 Å². The van der Waals surface area contributed by atoms with Gasteiger partial charge >= 0.3 is 5.97 Å². The van der Waals surface area contributed by atoms with Crippen molar-refractivity contribution in [3.05, 3.63) is 56.7 Å². The van der Waals surface area contributed by atoms with E-state index in [-0.39, 0.29) is 10.6 Å². The molecule has 0 aliphatic rings. The van der Waals surface area contributed by atoms with Crippen LogP contribution in [0.3, 0.4) is 0 Å². The molecule has 7 heteroatoms. The van der Waals surface area contributed by atoms with Crippen LogP contribution in [0.1, 0.15) is 15.9 Å². The lowest BCUT2D eigenvalue weighted by Gasteiger charge is -2.09. The summed E-state index contributed by atoms with van der Waals surface area (Å²) < 4.78 is 0. The number of anilines is 1. The number of carboxylic acid groups (broad SMARTS) is 1. The molecule has 0 radical (unpaired) electrons. The lowest BCUT2D eigenvalue weighted by Crippen LogP contribution is -2.09. The average Bonchev–Trinajstić information content (AvgIpc) is 2.42. The van der Waals surface area contributed by atoms with E-state index < -0.39 is 5.97 Å². The third-order valence-electron chi connectivity index (χ3n) is 2.82. The molecule has 0 aliphatic heterocycles. The Morgan fingerprint density at radius 3 is 2.67 bits per heavy atom. The summed E-state index contributed by atoms with van der Waals surface area (Å²) in [6.07, 6.45) is 2.03. The van der Waals surface area contributed by atoms with Gasteiger partial charge in [0.1, 0.15) is 5.82 Å². The number of halogens is 3. The number of rotatable bonds is 5. The van der Waals surface area contributed by atoms with E-state index in [4.69, 9.17) is 39.9 Å². The Hall–Kier alpha value is -1.49. The van der Waals surface area contributed by atoms with Gasteiger partial charge in [0, 0.05) is 22.8 Å².